The normalized spacial score (nSPS) is 11.2. The van der Waals surface area contributed by atoms with Gasteiger partial charge in [0, 0.05) is 12.1 Å². The number of nitrogen functional groups attached to an aromatic ring is 1. The number of rotatable bonds is 1. The minimum atomic E-state index is -1.14. The molecule has 5 nitrogen and oxygen atoms in total. The highest BCUT2D eigenvalue weighted by Crippen LogP contribution is 2.35. The van der Waals surface area contributed by atoms with E-state index in [1.165, 1.54) is 0 Å². The number of anilines is 1. The lowest BCUT2D eigenvalue weighted by molar-refractivity contribution is 0.548. The molecule has 0 atom stereocenters. The van der Waals surface area contributed by atoms with Gasteiger partial charge in [-0.25, -0.2) is 13.2 Å². The fourth-order valence-corrected chi connectivity index (χ4v) is 2.12. The van der Waals surface area contributed by atoms with Crippen LogP contribution in [0.25, 0.3) is 16.9 Å². The van der Waals surface area contributed by atoms with E-state index in [1.54, 1.807) is 0 Å². The number of fused-ring (bicyclic) bond motifs is 1. The Bertz CT molecular complexity index is 809. The van der Waals surface area contributed by atoms with Crippen molar-refractivity contribution < 1.29 is 13.2 Å². The van der Waals surface area contributed by atoms with E-state index in [9.17, 15) is 13.2 Å². The standard InChI is InChI=1S/C11H5ClF3N5/c12-9-8(7-5(14)1-4(13)2-6(7)15)10(16)20-11(19-9)17-3-18-20/h1-3H,16H2. The topological polar surface area (TPSA) is 69.1 Å². The van der Waals surface area contributed by atoms with Crippen LogP contribution >= 0.6 is 11.6 Å². The smallest absolute Gasteiger partial charge is 0.255 e. The van der Waals surface area contributed by atoms with Gasteiger partial charge in [-0.15, -0.1) is 0 Å². The summed E-state index contributed by atoms with van der Waals surface area (Å²) in [5.74, 6) is -3.40. The second-order valence-electron chi connectivity index (χ2n) is 3.88. The molecule has 0 amide bonds. The van der Waals surface area contributed by atoms with Crippen molar-refractivity contribution in [1.29, 1.82) is 0 Å². The van der Waals surface area contributed by atoms with Crippen molar-refractivity contribution >= 4 is 23.2 Å². The summed E-state index contributed by atoms with van der Waals surface area (Å²) >= 11 is 5.88. The number of nitrogens with two attached hydrogens (primary N) is 1. The highest BCUT2D eigenvalue weighted by atomic mass is 35.5. The maximum atomic E-state index is 13.8. The van der Waals surface area contributed by atoms with Crippen LogP contribution in [0.15, 0.2) is 18.5 Å². The Morgan fingerprint density at radius 3 is 2.40 bits per heavy atom. The Balaban J connectivity index is 2.40. The van der Waals surface area contributed by atoms with Crippen LogP contribution in [-0.4, -0.2) is 19.6 Å². The number of nitrogens with zero attached hydrogens (tertiary/aromatic N) is 4. The molecule has 0 spiro atoms. The zero-order valence-electron chi connectivity index (χ0n) is 9.61. The minimum absolute atomic E-state index is 0.0826. The molecule has 1 aromatic carbocycles. The molecule has 2 N–H and O–H groups in total. The minimum Gasteiger partial charge on any atom is -0.383 e. The Hall–Kier alpha value is -2.35. The third-order valence-electron chi connectivity index (χ3n) is 2.68. The molecule has 0 saturated heterocycles. The number of hydrogen-bond donors (Lipinski definition) is 1. The van der Waals surface area contributed by atoms with Crippen molar-refractivity contribution in [2.45, 2.75) is 0 Å². The van der Waals surface area contributed by atoms with Crippen LogP contribution in [0, 0.1) is 17.5 Å². The van der Waals surface area contributed by atoms with E-state index in [4.69, 9.17) is 17.3 Å². The number of benzene rings is 1. The van der Waals surface area contributed by atoms with Gasteiger partial charge in [-0.2, -0.15) is 19.6 Å². The van der Waals surface area contributed by atoms with E-state index in [1.807, 2.05) is 0 Å². The van der Waals surface area contributed by atoms with Crippen molar-refractivity contribution in [3.8, 4) is 11.1 Å². The molecule has 2 heterocycles. The first kappa shape index (κ1) is 12.7. The molecule has 0 fully saturated rings. The van der Waals surface area contributed by atoms with Crippen LogP contribution in [0.1, 0.15) is 0 Å². The summed E-state index contributed by atoms with van der Waals surface area (Å²) in [4.78, 5) is 7.59. The van der Waals surface area contributed by atoms with Crippen molar-refractivity contribution in [3.05, 3.63) is 41.1 Å². The first-order valence-electron chi connectivity index (χ1n) is 5.28. The zero-order valence-corrected chi connectivity index (χ0v) is 10.4. The lowest BCUT2D eigenvalue weighted by atomic mass is 10.1. The predicted molar refractivity (Wildman–Crippen MR) is 65.5 cm³/mol. The molecule has 9 heteroatoms. The average molecular weight is 300 g/mol. The van der Waals surface area contributed by atoms with Crippen LogP contribution in [0.2, 0.25) is 5.15 Å². The van der Waals surface area contributed by atoms with Gasteiger partial charge in [0.1, 0.15) is 34.7 Å². The van der Waals surface area contributed by atoms with Gasteiger partial charge in [-0.1, -0.05) is 11.6 Å². The molecule has 0 unspecified atom stereocenters. The van der Waals surface area contributed by atoms with Crippen LogP contribution < -0.4 is 5.73 Å². The molecule has 0 bridgehead atoms. The number of aromatic nitrogens is 4. The molecule has 3 rings (SSSR count). The summed E-state index contributed by atoms with van der Waals surface area (Å²) in [6.45, 7) is 0. The van der Waals surface area contributed by atoms with E-state index in [-0.39, 0.29) is 22.3 Å². The monoisotopic (exact) mass is 299 g/mol. The van der Waals surface area contributed by atoms with Crippen LogP contribution in [0.5, 0.6) is 0 Å². The Morgan fingerprint density at radius 1 is 1.10 bits per heavy atom. The van der Waals surface area contributed by atoms with E-state index in [2.05, 4.69) is 15.1 Å². The third-order valence-corrected chi connectivity index (χ3v) is 2.95. The van der Waals surface area contributed by atoms with E-state index in [0.717, 1.165) is 10.8 Å². The molecule has 0 radical (unpaired) electrons. The maximum absolute atomic E-state index is 13.8. The van der Waals surface area contributed by atoms with Crippen molar-refractivity contribution in [3.63, 3.8) is 0 Å². The fraction of sp³-hybridized carbons (Fsp3) is 0. The number of hydrogen-bond acceptors (Lipinski definition) is 4. The molecular weight excluding hydrogens is 295 g/mol. The third kappa shape index (κ3) is 1.76. The fourth-order valence-electron chi connectivity index (χ4n) is 1.85. The lowest BCUT2D eigenvalue weighted by Gasteiger charge is -2.10. The Labute approximate surface area is 114 Å². The van der Waals surface area contributed by atoms with Gasteiger partial charge in [-0.05, 0) is 0 Å². The van der Waals surface area contributed by atoms with Crippen LogP contribution in [-0.2, 0) is 0 Å². The second-order valence-corrected chi connectivity index (χ2v) is 4.24. The van der Waals surface area contributed by atoms with Gasteiger partial charge in [0.25, 0.3) is 5.78 Å². The van der Waals surface area contributed by atoms with E-state index < -0.39 is 23.0 Å². The van der Waals surface area contributed by atoms with Gasteiger partial charge >= 0.3 is 0 Å². The van der Waals surface area contributed by atoms with Gasteiger partial charge in [0.2, 0.25) is 0 Å². The van der Waals surface area contributed by atoms with Crippen LogP contribution in [0.3, 0.4) is 0 Å². The van der Waals surface area contributed by atoms with E-state index in [0.29, 0.717) is 12.1 Å². The summed E-state index contributed by atoms with van der Waals surface area (Å²) in [5, 5.41) is 3.51. The summed E-state index contributed by atoms with van der Waals surface area (Å²) in [6, 6.07) is 1.05. The summed E-state index contributed by atoms with van der Waals surface area (Å²) in [7, 11) is 0. The van der Waals surface area contributed by atoms with Gasteiger partial charge in [0.15, 0.2) is 0 Å². The van der Waals surface area contributed by atoms with Gasteiger partial charge < -0.3 is 5.73 Å². The van der Waals surface area contributed by atoms with Gasteiger partial charge in [-0.3, -0.25) is 0 Å². The first-order valence-corrected chi connectivity index (χ1v) is 5.66. The van der Waals surface area contributed by atoms with E-state index >= 15 is 0 Å². The molecule has 0 aliphatic rings. The maximum Gasteiger partial charge on any atom is 0.255 e. The Kier molecular flexibility index (Phi) is 2.75. The molecule has 0 aliphatic carbocycles. The lowest BCUT2D eigenvalue weighted by Crippen LogP contribution is -2.06. The highest BCUT2D eigenvalue weighted by molar-refractivity contribution is 6.32. The molecule has 2 aromatic heterocycles. The molecule has 102 valence electrons. The van der Waals surface area contributed by atoms with Gasteiger partial charge in [0.05, 0.1) is 11.1 Å². The van der Waals surface area contributed by atoms with Crippen molar-refractivity contribution in [2.75, 3.05) is 5.73 Å². The predicted octanol–water partition coefficient (Wildman–Crippen LogP) is 2.44. The highest BCUT2D eigenvalue weighted by Gasteiger charge is 2.22. The largest absolute Gasteiger partial charge is 0.383 e. The molecular formula is C11H5ClF3N5. The summed E-state index contributed by atoms with van der Waals surface area (Å²) in [5.41, 5.74) is 5.00. The summed E-state index contributed by atoms with van der Waals surface area (Å²) < 4.78 is 41.6. The molecule has 20 heavy (non-hydrogen) atoms. The average Bonchev–Trinajstić information content (AvgIpc) is 2.80. The first-order chi connectivity index (χ1) is 9.49. The number of halogens is 4. The summed E-state index contributed by atoms with van der Waals surface area (Å²) in [6.07, 6.45) is 1.16. The van der Waals surface area contributed by atoms with Crippen LogP contribution in [0.4, 0.5) is 19.0 Å². The van der Waals surface area contributed by atoms with Crippen molar-refractivity contribution in [2.24, 2.45) is 0 Å². The SMILES string of the molecule is Nc1c(-c2c(F)cc(F)cc2F)c(Cl)nc2ncnn12. The quantitative estimate of drug-likeness (QED) is 0.701. The van der Waals surface area contributed by atoms with Crippen molar-refractivity contribution in [1.82, 2.24) is 19.6 Å². The zero-order chi connectivity index (χ0) is 14.4. The molecule has 3 aromatic rings. The second kappa shape index (κ2) is 4.34. The Morgan fingerprint density at radius 2 is 1.75 bits per heavy atom. The molecule has 0 aliphatic heterocycles. The molecule has 0 saturated carbocycles.